The molecule has 496 valence electrons. The van der Waals surface area contributed by atoms with Gasteiger partial charge in [0.1, 0.15) is 43.2 Å². The molecule has 1 N–H and O–H groups in total. The molecule has 5 heterocycles. The van der Waals surface area contributed by atoms with Crippen molar-refractivity contribution < 1.29 is 75.8 Å². The van der Waals surface area contributed by atoms with Crippen LogP contribution in [0.2, 0.25) is 16.6 Å². The molecule has 17 atom stereocenters. The van der Waals surface area contributed by atoms with Crippen LogP contribution in [0.5, 0.6) is 0 Å². The summed E-state index contributed by atoms with van der Waals surface area (Å²) < 4.78 is 106. The second-order valence-corrected chi connectivity index (χ2v) is 31.9. The molecule has 0 bridgehead atoms. The summed E-state index contributed by atoms with van der Waals surface area (Å²) >= 11 is 0. The van der Waals surface area contributed by atoms with Gasteiger partial charge in [-0.3, -0.25) is 0 Å². The first-order valence-electron chi connectivity index (χ1n) is 33.1. The molecule has 6 unspecified atom stereocenters. The molecular weight excluding hydrogens is 1180 g/mol. The van der Waals surface area contributed by atoms with Gasteiger partial charge in [0.25, 0.3) is 0 Å². The van der Waals surface area contributed by atoms with Gasteiger partial charge in [-0.1, -0.05) is 237 Å². The van der Waals surface area contributed by atoms with Gasteiger partial charge in [-0.25, -0.2) is 0 Å². The van der Waals surface area contributed by atoms with Gasteiger partial charge >= 0.3 is 0 Å². The molecule has 16 nitrogen and oxygen atoms in total. The van der Waals surface area contributed by atoms with Crippen LogP contribution in [0.3, 0.4) is 0 Å². The molecule has 5 saturated heterocycles. The highest BCUT2D eigenvalue weighted by atomic mass is 28.4. The molecule has 17 heteroatoms. The molecule has 0 saturated carbocycles. The minimum atomic E-state index is -2.62. The lowest BCUT2D eigenvalue weighted by Gasteiger charge is -2.53. The largest absolute Gasteiger partial charge is 0.391 e. The van der Waals surface area contributed by atoms with E-state index in [1.165, 1.54) is 0 Å². The summed E-state index contributed by atoms with van der Waals surface area (Å²) in [5.74, 6) is -2.25. The maximum Gasteiger partial charge on any atom is 0.229 e. The first-order chi connectivity index (χ1) is 44.7. The van der Waals surface area contributed by atoms with Gasteiger partial charge in [-0.15, -0.1) is 0 Å². The number of fused-ring (bicyclic) bond motifs is 1. The molecule has 6 aromatic carbocycles. The van der Waals surface area contributed by atoms with Crippen LogP contribution in [-0.2, 0) is 104 Å². The Bertz CT molecular complexity index is 3100. The maximum atomic E-state index is 13.1. The highest BCUT2D eigenvalue weighted by Crippen LogP contribution is 2.53. The number of rotatable bonds is 29. The van der Waals surface area contributed by atoms with Gasteiger partial charge in [0.2, 0.25) is 14.1 Å². The van der Waals surface area contributed by atoms with Gasteiger partial charge in [-0.2, -0.15) is 0 Å². The minimum Gasteiger partial charge on any atom is -0.391 e. The average Bonchev–Trinajstić information content (AvgIpc) is 1.55. The molecule has 0 radical (unpaired) electrons. The van der Waals surface area contributed by atoms with Gasteiger partial charge in [0, 0.05) is 17.4 Å². The van der Waals surface area contributed by atoms with Crippen molar-refractivity contribution in [3.8, 4) is 0 Å². The van der Waals surface area contributed by atoms with E-state index in [9.17, 15) is 5.11 Å². The van der Waals surface area contributed by atoms with Crippen LogP contribution in [-0.4, -0.2) is 132 Å². The van der Waals surface area contributed by atoms with Crippen molar-refractivity contribution in [3.05, 3.63) is 215 Å². The third kappa shape index (κ3) is 15.7. The smallest absolute Gasteiger partial charge is 0.229 e. The molecule has 5 aliphatic heterocycles. The molecule has 5 fully saturated rings. The number of aliphatic hydroxyl groups is 1. The monoisotopic (exact) mass is 1280 g/mol. The van der Waals surface area contributed by atoms with Crippen LogP contribution >= 0.6 is 0 Å². The van der Waals surface area contributed by atoms with E-state index in [2.05, 4.69) is 55.4 Å². The zero-order valence-corrected chi connectivity index (χ0v) is 55.9. The molecule has 6 aromatic rings. The molecule has 0 aromatic heterocycles. The van der Waals surface area contributed by atoms with E-state index in [0.717, 1.165) is 33.4 Å². The predicted octanol–water partition coefficient (Wildman–Crippen LogP) is 13.2. The molecule has 11 rings (SSSR count). The quantitative estimate of drug-likeness (QED) is 0.0442. The van der Waals surface area contributed by atoms with Crippen molar-refractivity contribution in [1.82, 2.24) is 0 Å². The predicted molar refractivity (Wildman–Crippen MR) is 349 cm³/mol. The highest BCUT2D eigenvalue weighted by Gasteiger charge is 2.69. The molecule has 0 aliphatic carbocycles. The SMILES string of the molecule is CC1O[C@@H](O[Si](C(C)C)(C(C)C)C(C)C)[C@@H](C)C(O[C@@H]2OC(COCc3ccccc3)[C@@H](OCc3ccccc3)C(OCc3ccccc3)[C@H]2O)[C@H]1O[C@@H]1OC[C@@H](C)C(OC23COC[C@]2(COCc2ccccc2)O[C@@H](c2ccccc2)O3)[C@H]1OCc1ccccc1. The van der Waals surface area contributed by atoms with E-state index in [1.54, 1.807) is 0 Å². The van der Waals surface area contributed by atoms with Crippen LogP contribution < -0.4 is 0 Å². The number of hydrogen-bond donors (Lipinski definition) is 1. The van der Waals surface area contributed by atoms with Gasteiger partial charge in [-0.05, 0) is 51.4 Å². The highest BCUT2D eigenvalue weighted by molar-refractivity contribution is 6.77. The van der Waals surface area contributed by atoms with E-state index in [1.807, 2.05) is 189 Å². The van der Waals surface area contributed by atoms with E-state index in [0.29, 0.717) is 13.2 Å². The number of hydrogen-bond acceptors (Lipinski definition) is 16. The van der Waals surface area contributed by atoms with E-state index >= 15 is 0 Å². The van der Waals surface area contributed by atoms with E-state index in [4.69, 9.17) is 70.7 Å². The minimum absolute atomic E-state index is 0.0541. The Morgan fingerprint density at radius 1 is 0.489 bits per heavy atom. The molecule has 0 spiro atoms. The third-order valence-electron chi connectivity index (χ3n) is 19.0. The fraction of sp³-hybridized carbons (Fsp3) is 0.520. The zero-order valence-electron chi connectivity index (χ0n) is 54.9. The Kier molecular flexibility index (Phi) is 23.5. The summed E-state index contributed by atoms with van der Waals surface area (Å²) in [5, 5.41) is 13.1. The summed E-state index contributed by atoms with van der Waals surface area (Å²) in [6, 6.07) is 59.7. The Morgan fingerprint density at radius 2 is 0.967 bits per heavy atom. The summed E-state index contributed by atoms with van der Waals surface area (Å²) in [7, 11) is -2.62. The summed E-state index contributed by atoms with van der Waals surface area (Å²) in [5.41, 5.74) is 5.19. The topological polar surface area (TPSA) is 159 Å². The summed E-state index contributed by atoms with van der Waals surface area (Å²) in [6.07, 6.45) is -11.9. The second-order valence-electron chi connectivity index (χ2n) is 26.5. The third-order valence-corrected chi connectivity index (χ3v) is 25.1. The lowest BCUT2D eigenvalue weighted by atomic mass is 9.91. The van der Waals surface area contributed by atoms with Crippen LogP contribution in [0, 0.1) is 11.8 Å². The normalized spacial score (nSPS) is 31.7. The summed E-state index contributed by atoms with van der Waals surface area (Å²) in [4.78, 5) is 0. The Balaban J connectivity index is 0.946. The fourth-order valence-corrected chi connectivity index (χ4v) is 19.6. The molecular formula is C75H96O16Si. The zero-order chi connectivity index (χ0) is 64.2. The van der Waals surface area contributed by atoms with Gasteiger partial charge in [0.05, 0.1) is 77.8 Å². The first-order valence-corrected chi connectivity index (χ1v) is 35.2. The van der Waals surface area contributed by atoms with E-state index in [-0.39, 0.29) is 75.4 Å². The second kappa shape index (κ2) is 31.6. The van der Waals surface area contributed by atoms with Crippen molar-refractivity contribution in [2.45, 2.75) is 203 Å². The van der Waals surface area contributed by atoms with Crippen LogP contribution in [0.1, 0.15) is 102 Å². The van der Waals surface area contributed by atoms with Crippen LogP contribution in [0.15, 0.2) is 182 Å². The standard InChI is InChI=1S/C75H96O16Si/c1-50(2)92(51(3)4,52(5)6)91-70-54(8)65(86-72-63(76)68(81-44-59-34-22-13-23-35-59)67(80-43-58-32-20-12-21-33-58)62(85-72)46-77-41-56-28-16-10-17-29-56)66(55(9)84-70)87-73-69(82-45-60-36-24-14-25-37-60)64(53(7)40-83-73)88-75-49-79-48-74(75,47-78-42-57-30-18-11-19-31-57)89-71(90-75)61-38-26-15-27-39-61/h10-39,50-55,62-73,76H,40-49H2,1-9H3/t53-,54+,55?,62?,63-,64?,65?,66+,67-,68?,69-,70+,71-,72+,73+,74+,75?/m1/s1. The van der Waals surface area contributed by atoms with Gasteiger partial charge in [0.15, 0.2) is 30.8 Å². The van der Waals surface area contributed by atoms with Gasteiger partial charge < -0.3 is 75.8 Å². The van der Waals surface area contributed by atoms with Crippen molar-refractivity contribution in [2.24, 2.45) is 11.8 Å². The number of ether oxygens (including phenoxy) is 14. The van der Waals surface area contributed by atoms with Crippen LogP contribution in [0.25, 0.3) is 0 Å². The number of aliphatic hydroxyl groups excluding tert-OH is 1. The number of benzene rings is 6. The van der Waals surface area contributed by atoms with Crippen molar-refractivity contribution in [3.63, 3.8) is 0 Å². The Morgan fingerprint density at radius 3 is 1.50 bits per heavy atom. The van der Waals surface area contributed by atoms with Crippen molar-refractivity contribution in [2.75, 3.05) is 33.0 Å². The molecule has 5 aliphatic rings. The van der Waals surface area contributed by atoms with Crippen molar-refractivity contribution in [1.29, 1.82) is 0 Å². The average molecular weight is 1280 g/mol. The maximum absolute atomic E-state index is 13.1. The lowest BCUT2D eigenvalue weighted by Crippen LogP contribution is -2.66. The fourth-order valence-electron chi connectivity index (χ4n) is 14.2. The molecule has 92 heavy (non-hydrogen) atoms. The Labute approximate surface area is 545 Å². The Hall–Kier alpha value is -5.10. The van der Waals surface area contributed by atoms with Crippen molar-refractivity contribution >= 4 is 8.32 Å². The molecule has 0 amide bonds. The summed E-state index contributed by atoms with van der Waals surface area (Å²) in [6.45, 7) is 21.6. The van der Waals surface area contributed by atoms with Crippen LogP contribution in [0.4, 0.5) is 0 Å². The van der Waals surface area contributed by atoms with E-state index < -0.39 is 106 Å². The lowest BCUT2D eigenvalue weighted by molar-refractivity contribution is -0.380. The first kappa shape index (κ1) is 68.3.